The first-order valence-electron chi connectivity index (χ1n) is 7.64. The molecule has 0 saturated heterocycles. The maximum absolute atomic E-state index is 10.5. The van der Waals surface area contributed by atoms with E-state index in [1.165, 1.54) is 10.8 Å². The summed E-state index contributed by atoms with van der Waals surface area (Å²) >= 11 is 0. The lowest BCUT2D eigenvalue weighted by Gasteiger charge is -2.19. The van der Waals surface area contributed by atoms with Crippen LogP contribution >= 0.6 is 0 Å². The molecule has 0 bridgehead atoms. The number of aliphatic hydroxyl groups excluding tert-OH is 1. The van der Waals surface area contributed by atoms with Gasteiger partial charge in [0.1, 0.15) is 0 Å². The van der Waals surface area contributed by atoms with Crippen molar-refractivity contribution in [3.8, 4) is 0 Å². The van der Waals surface area contributed by atoms with Gasteiger partial charge in [-0.1, -0.05) is 56.3 Å². The summed E-state index contributed by atoms with van der Waals surface area (Å²) in [5.74, 6) is 0. The Labute approximate surface area is 122 Å². The van der Waals surface area contributed by atoms with Crippen LogP contribution in [0.5, 0.6) is 0 Å². The van der Waals surface area contributed by atoms with Crippen molar-refractivity contribution in [2.24, 2.45) is 0 Å². The Balaban J connectivity index is 2.02. The zero-order valence-corrected chi connectivity index (χ0v) is 12.5. The van der Waals surface area contributed by atoms with Gasteiger partial charge in [0.25, 0.3) is 0 Å². The summed E-state index contributed by atoms with van der Waals surface area (Å²) in [5.41, 5.74) is 1.06. The molecule has 0 aliphatic heterocycles. The molecule has 2 aromatic rings. The maximum Gasteiger partial charge on any atom is 0.0796 e. The second-order valence-electron chi connectivity index (χ2n) is 5.25. The van der Waals surface area contributed by atoms with Gasteiger partial charge in [0.2, 0.25) is 0 Å². The maximum atomic E-state index is 10.5. The second-order valence-corrected chi connectivity index (χ2v) is 5.25. The van der Waals surface area contributed by atoms with E-state index in [4.69, 9.17) is 0 Å². The van der Waals surface area contributed by atoms with E-state index in [1.807, 2.05) is 24.3 Å². The average molecular weight is 271 g/mol. The molecule has 0 radical (unpaired) electrons. The van der Waals surface area contributed by atoms with Gasteiger partial charge in [-0.15, -0.1) is 0 Å². The normalized spacial score (nSPS) is 13.0. The molecular formula is C18H25NO. The molecule has 1 atom stereocenters. The molecule has 20 heavy (non-hydrogen) atoms. The third kappa shape index (κ3) is 3.59. The monoisotopic (exact) mass is 271 g/mol. The molecule has 0 saturated carbocycles. The second kappa shape index (κ2) is 7.41. The zero-order chi connectivity index (χ0) is 14.4. The molecule has 0 fully saturated rings. The Bertz CT molecular complexity index is 528. The molecule has 0 amide bonds. The third-order valence-electron chi connectivity index (χ3n) is 4.03. The third-order valence-corrected chi connectivity index (χ3v) is 4.03. The molecule has 108 valence electrons. The van der Waals surface area contributed by atoms with Gasteiger partial charge >= 0.3 is 0 Å². The summed E-state index contributed by atoms with van der Waals surface area (Å²) in [4.78, 5) is 2.40. The molecule has 0 aliphatic rings. The van der Waals surface area contributed by atoms with Crippen LogP contribution in [0.15, 0.2) is 42.5 Å². The van der Waals surface area contributed by atoms with E-state index in [1.54, 1.807) is 0 Å². The fourth-order valence-electron chi connectivity index (χ4n) is 2.74. The van der Waals surface area contributed by atoms with Crippen LogP contribution < -0.4 is 0 Å². The molecule has 2 rings (SSSR count). The molecule has 1 unspecified atom stereocenters. The van der Waals surface area contributed by atoms with Crippen molar-refractivity contribution >= 4 is 10.8 Å². The Morgan fingerprint density at radius 1 is 1.00 bits per heavy atom. The number of fused-ring (bicyclic) bond motifs is 1. The van der Waals surface area contributed by atoms with E-state index in [-0.39, 0.29) is 6.10 Å². The Morgan fingerprint density at radius 2 is 1.70 bits per heavy atom. The average Bonchev–Trinajstić information content (AvgIpc) is 2.51. The first kappa shape index (κ1) is 15.0. The fourth-order valence-corrected chi connectivity index (χ4v) is 2.74. The minimum Gasteiger partial charge on any atom is -0.388 e. The van der Waals surface area contributed by atoms with Crippen molar-refractivity contribution in [1.29, 1.82) is 0 Å². The fraction of sp³-hybridized carbons (Fsp3) is 0.444. The van der Waals surface area contributed by atoms with Gasteiger partial charge in [-0.3, -0.25) is 0 Å². The van der Waals surface area contributed by atoms with Crippen molar-refractivity contribution in [2.45, 2.75) is 32.8 Å². The molecular weight excluding hydrogens is 246 g/mol. The quantitative estimate of drug-likeness (QED) is 0.823. The zero-order valence-electron chi connectivity index (χ0n) is 12.5. The van der Waals surface area contributed by atoms with Gasteiger partial charge in [0.05, 0.1) is 6.10 Å². The van der Waals surface area contributed by atoms with Gasteiger partial charge in [0, 0.05) is 0 Å². The number of nitrogens with zero attached hydrogens (tertiary/aromatic N) is 1. The molecule has 1 N–H and O–H groups in total. The highest BCUT2D eigenvalue weighted by Gasteiger charge is 2.11. The minimum absolute atomic E-state index is 0.364. The summed E-state index contributed by atoms with van der Waals surface area (Å²) in [6.07, 6.45) is 1.49. The predicted molar refractivity (Wildman–Crippen MR) is 85.9 cm³/mol. The highest BCUT2D eigenvalue weighted by molar-refractivity contribution is 5.85. The minimum atomic E-state index is -0.364. The number of hydrogen-bond acceptors (Lipinski definition) is 2. The van der Waals surface area contributed by atoms with Crippen LogP contribution in [0.1, 0.15) is 38.4 Å². The van der Waals surface area contributed by atoms with Gasteiger partial charge in [-0.25, -0.2) is 0 Å². The van der Waals surface area contributed by atoms with Crippen LogP contribution in [0.3, 0.4) is 0 Å². The number of hydrogen-bond donors (Lipinski definition) is 1. The molecule has 0 aliphatic carbocycles. The first-order chi connectivity index (χ1) is 9.76. The Morgan fingerprint density at radius 3 is 2.45 bits per heavy atom. The van der Waals surface area contributed by atoms with Crippen molar-refractivity contribution < 1.29 is 5.11 Å². The van der Waals surface area contributed by atoms with Crippen LogP contribution in [0.4, 0.5) is 0 Å². The lowest BCUT2D eigenvalue weighted by Crippen LogP contribution is -2.24. The van der Waals surface area contributed by atoms with Gasteiger partial charge < -0.3 is 10.0 Å². The first-order valence-corrected chi connectivity index (χ1v) is 7.64. The highest BCUT2D eigenvalue weighted by Crippen LogP contribution is 2.26. The van der Waals surface area contributed by atoms with E-state index in [0.29, 0.717) is 0 Å². The summed E-state index contributed by atoms with van der Waals surface area (Å²) in [6, 6.07) is 14.4. The lowest BCUT2D eigenvalue weighted by atomic mass is 9.98. The molecule has 2 aromatic carbocycles. The number of rotatable bonds is 7. The molecule has 0 heterocycles. The molecule has 0 aromatic heterocycles. The van der Waals surface area contributed by atoms with Crippen molar-refractivity contribution in [2.75, 3.05) is 19.6 Å². The van der Waals surface area contributed by atoms with E-state index < -0.39 is 0 Å². The van der Waals surface area contributed by atoms with Crippen LogP contribution in [0, 0.1) is 0 Å². The Kier molecular flexibility index (Phi) is 5.57. The predicted octanol–water partition coefficient (Wildman–Crippen LogP) is 4.00. The molecule has 0 spiro atoms. The molecule has 2 heteroatoms. The summed E-state index contributed by atoms with van der Waals surface area (Å²) in [6.45, 7) is 7.60. The van der Waals surface area contributed by atoms with Crippen molar-refractivity contribution in [3.63, 3.8) is 0 Å². The van der Waals surface area contributed by atoms with Crippen molar-refractivity contribution in [3.05, 3.63) is 48.0 Å². The van der Waals surface area contributed by atoms with E-state index in [9.17, 15) is 5.11 Å². The smallest absolute Gasteiger partial charge is 0.0796 e. The summed E-state index contributed by atoms with van der Waals surface area (Å²) in [5, 5.41) is 12.8. The van der Waals surface area contributed by atoms with E-state index in [2.05, 4.69) is 36.9 Å². The van der Waals surface area contributed by atoms with E-state index in [0.717, 1.165) is 38.0 Å². The highest BCUT2D eigenvalue weighted by atomic mass is 16.3. The van der Waals surface area contributed by atoms with Crippen LogP contribution in [-0.4, -0.2) is 29.6 Å². The standard InChI is InChI=1S/C18H25NO/c1-3-19(4-2)14-8-13-18(20)17-12-7-10-15-9-5-6-11-16(15)17/h5-7,9-12,18,20H,3-4,8,13-14H2,1-2H3. The van der Waals surface area contributed by atoms with E-state index >= 15 is 0 Å². The number of aliphatic hydroxyl groups is 1. The van der Waals surface area contributed by atoms with Crippen LogP contribution in [0.2, 0.25) is 0 Å². The summed E-state index contributed by atoms with van der Waals surface area (Å²) in [7, 11) is 0. The van der Waals surface area contributed by atoms with Crippen LogP contribution in [0.25, 0.3) is 10.8 Å². The summed E-state index contributed by atoms with van der Waals surface area (Å²) < 4.78 is 0. The largest absolute Gasteiger partial charge is 0.388 e. The molecule has 2 nitrogen and oxygen atoms in total. The van der Waals surface area contributed by atoms with Gasteiger partial charge in [-0.2, -0.15) is 0 Å². The Hall–Kier alpha value is -1.38. The van der Waals surface area contributed by atoms with Gasteiger partial charge in [0.15, 0.2) is 0 Å². The van der Waals surface area contributed by atoms with Crippen molar-refractivity contribution in [1.82, 2.24) is 4.90 Å². The lowest BCUT2D eigenvalue weighted by molar-refractivity contribution is 0.158. The SMILES string of the molecule is CCN(CC)CCCC(O)c1cccc2ccccc12. The van der Waals surface area contributed by atoms with Crippen LogP contribution in [-0.2, 0) is 0 Å². The number of benzene rings is 2. The topological polar surface area (TPSA) is 23.5 Å². The van der Waals surface area contributed by atoms with Gasteiger partial charge in [-0.05, 0) is 48.8 Å².